The van der Waals surface area contributed by atoms with Crippen molar-refractivity contribution in [2.75, 3.05) is 77.0 Å². The molecule has 0 unspecified atom stereocenters. The number of unbranched alkanes of at least 4 members (excludes halogenated alkanes) is 4. The molecule has 5 rings (SSSR count). The summed E-state index contributed by atoms with van der Waals surface area (Å²) in [7, 11) is 0. The summed E-state index contributed by atoms with van der Waals surface area (Å²) in [5.74, 6) is -10.7. The lowest BCUT2D eigenvalue weighted by molar-refractivity contribution is -0.143. The van der Waals surface area contributed by atoms with Crippen LogP contribution in [-0.4, -0.2) is 305 Å². The molecule has 55 heteroatoms. The van der Waals surface area contributed by atoms with Gasteiger partial charge < -0.3 is 167 Å². The normalized spacial score (nSPS) is 14.7. The third kappa shape index (κ3) is 46.6. The molecule has 0 radical (unpaired) electrons. The third-order valence-corrected chi connectivity index (χ3v) is 24.8. The monoisotopic (exact) mass is 2110 g/mol. The highest BCUT2D eigenvalue weighted by molar-refractivity contribution is 7.80. The van der Waals surface area contributed by atoms with E-state index in [1.165, 1.54) is 53.4 Å². The fraction of sp³-hybridized carbons (Fsp3) is 0.570. The number of phenolic OH excluding ortho intramolecular Hbond substituents is 2. The zero-order chi connectivity index (χ0) is 109. The molecule has 1 aromatic heterocycles. The second-order valence-corrected chi connectivity index (χ2v) is 36.5. The number of thiol groups is 2. The molecule has 46 N–H and O–H groups in total. The van der Waals surface area contributed by atoms with Crippen molar-refractivity contribution in [3.8, 4) is 11.5 Å². The van der Waals surface area contributed by atoms with Crippen LogP contribution in [0.5, 0.6) is 11.5 Å². The van der Waals surface area contributed by atoms with Crippen LogP contribution in [0.3, 0.4) is 0 Å². The van der Waals surface area contributed by atoms with Crippen LogP contribution in [0.15, 0.2) is 79.0 Å². The number of nitrogens with zero attached hydrogens (tertiary/aromatic N) is 1. The van der Waals surface area contributed by atoms with Crippen molar-refractivity contribution >= 4 is 155 Å². The number of carbonyl (C=O) groups excluding carboxylic acids is 14. The Balaban J connectivity index is 1.51. The van der Waals surface area contributed by atoms with Crippen LogP contribution in [0, 0.1) is 27.0 Å². The fourth-order valence-corrected chi connectivity index (χ4v) is 16.6. The minimum absolute atomic E-state index is 0.00293. The number of rotatable bonds is 72. The van der Waals surface area contributed by atoms with Gasteiger partial charge in [0.05, 0.1) is 6.04 Å². The topological polar surface area (TPSA) is 918 Å². The first kappa shape index (κ1) is 124. The number of phenols is 2. The van der Waals surface area contributed by atoms with Crippen molar-refractivity contribution in [2.45, 2.75) is 258 Å². The van der Waals surface area contributed by atoms with Gasteiger partial charge in [-0.2, -0.15) is 25.3 Å². The number of hydrogen-bond acceptors (Lipinski definition) is 29. The van der Waals surface area contributed by atoms with E-state index in [1.807, 2.05) is 0 Å². The van der Waals surface area contributed by atoms with Crippen LogP contribution in [0.1, 0.15) is 171 Å². The lowest BCUT2D eigenvalue weighted by Gasteiger charge is -2.31. The SMILES string of the molecule is N=C(N)NCCC[C@H](NC(=O)[C@H](CS)NC(=O)[C@H](CCCCN)NC(=O)[C@H](CCCNC(=N)N)NC(=O)[C@H](Cc1ccc(O)cc1)NC(=O)[C@@H]1CCCN1C(=O)[C@@H](CCCCNC(=O)CCCCN)NC(=O)[C@H](CCCCN)NC(=O)[C@H](CCCNC(=N)N)NC(=O)[C@H](Cc1ccc(O)cc1)NC(=O)[C@H](CS)NC(=O)[C@H](Cc1c[nH]c2ccccc12)NC(=O)[C@H](CCCNC(=N)N)NC(=O)[C@H](CCCNC(=N)N)NN)C(=O)O. The molecule has 3 aromatic carbocycles. The van der Waals surface area contributed by atoms with Crippen molar-refractivity contribution in [3.63, 3.8) is 0 Å². The van der Waals surface area contributed by atoms with E-state index < -0.39 is 185 Å². The number of carbonyl (C=O) groups is 15. The van der Waals surface area contributed by atoms with Crippen LogP contribution in [0.4, 0.5) is 0 Å². The van der Waals surface area contributed by atoms with Crippen LogP contribution in [0.2, 0.25) is 0 Å². The Morgan fingerprint density at radius 2 is 0.676 bits per heavy atom. The van der Waals surface area contributed by atoms with Gasteiger partial charge in [0.2, 0.25) is 82.7 Å². The van der Waals surface area contributed by atoms with Gasteiger partial charge in [0.15, 0.2) is 29.8 Å². The molecule has 0 spiro atoms. The Morgan fingerprint density at radius 1 is 0.365 bits per heavy atom. The molecule has 0 saturated carbocycles. The Morgan fingerprint density at radius 3 is 1.07 bits per heavy atom. The molecule has 148 heavy (non-hydrogen) atoms. The van der Waals surface area contributed by atoms with Crippen LogP contribution in [-0.2, 0) is 91.2 Å². The number of carboxylic acid groups (broad SMARTS) is 1. The van der Waals surface area contributed by atoms with E-state index in [-0.39, 0.29) is 241 Å². The van der Waals surface area contributed by atoms with Gasteiger partial charge in [-0.15, -0.1) is 0 Å². The maximum Gasteiger partial charge on any atom is 0.326 e. The zero-order valence-corrected chi connectivity index (χ0v) is 85.0. The molecule has 0 bridgehead atoms. The summed E-state index contributed by atoms with van der Waals surface area (Å²) < 4.78 is 0. The molecule has 1 aliphatic rings. The van der Waals surface area contributed by atoms with E-state index in [2.05, 4.69) is 131 Å². The lowest BCUT2D eigenvalue weighted by atomic mass is 10.0. The van der Waals surface area contributed by atoms with Gasteiger partial charge in [-0.1, -0.05) is 42.5 Å². The summed E-state index contributed by atoms with van der Waals surface area (Å²) in [6.45, 7) is 1.04. The number of likely N-dealkylation sites (tertiary alicyclic amines) is 1. The largest absolute Gasteiger partial charge is 0.508 e. The highest BCUT2D eigenvalue weighted by Crippen LogP contribution is 2.25. The van der Waals surface area contributed by atoms with Gasteiger partial charge in [0.1, 0.15) is 90.0 Å². The maximum absolute atomic E-state index is 15.7. The average molecular weight is 2110 g/mol. The molecule has 1 saturated heterocycles. The summed E-state index contributed by atoms with van der Waals surface area (Å²) in [6.07, 6.45) is 3.47. The number of carboxylic acids is 1. The van der Waals surface area contributed by atoms with E-state index in [9.17, 15) is 48.9 Å². The van der Waals surface area contributed by atoms with Crippen molar-refractivity contribution in [3.05, 3.63) is 95.7 Å². The number of aromatic amines is 1. The maximum atomic E-state index is 15.7. The number of aromatic hydroxyl groups is 2. The Kier molecular flexibility index (Phi) is 57.2. The first-order valence-corrected chi connectivity index (χ1v) is 50.7. The van der Waals surface area contributed by atoms with Crippen LogP contribution < -0.4 is 153 Å². The minimum atomic E-state index is -1.65. The van der Waals surface area contributed by atoms with Crippen molar-refractivity contribution in [2.24, 2.45) is 51.7 Å². The molecule has 0 aliphatic carbocycles. The van der Waals surface area contributed by atoms with E-state index in [0.717, 1.165) is 0 Å². The van der Waals surface area contributed by atoms with E-state index in [0.29, 0.717) is 66.2 Å². The summed E-state index contributed by atoms with van der Waals surface area (Å²) in [4.78, 5) is 223. The molecule has 2 heterocycles. The van der Waals surface area contributed by atoms with Gasteiger partial charge in [-0.3, -0.25) is 100 Å². The quantitative estimate of drug-likeness (QED) is 0.00488. The number of H-pyrrole nitrogens is 1. The van der Waals surface area contributed by atoms with E-state index in [1.54, 1.807) is 30.5 Å². The third-order valence-electron chi connectivity index (χ3n) is 24.1. The predicted octanol–water partition coefficient (Wildman–Crippen LogP) is -6.82. The second kappa shape index (κ2) is 68.2. The number of benzene rings is 3. The van der Waals surface area contributed by atoms with Gasteiger partial charge in [-0.25, -0.2) is 10.2 Å². The van der Waals surface area contributed by atoms with Crippen molar-refractivity contribution in [1.29, 1.82) is 27.0 Å². The van der Waals surface area contributed by atoms with Gasteiger partial charge in [-0.05, 0) is 214 Å². The molecular formula is C93H153N35O18S2. The first-order valence-electron chi connectivity index (χ1n) is 49.5. The number of aromatic nitrogens is 1. The number of hydrogen-bond donors (Lipinski definition) is 39. The molecule has 4 aromatic rings. The standard InChI is InChI=1S/C93H153N35O18S2/c94-37-7-3-19-60(115-75(132)62(22-11-41-109-89(97)98)118-81(138)68(47-53-29-33-56(129)34-30-53)122-85(142)72(52-148)126-83(140)70(49-55-50-114-59-18-2-1-17-58(55)59)123-78(135)64(24-13-43-111-91(101)102)117-80(137)65(127-107)25-14-44-112-92(103)104)77(134)120-66(21-6-10-40-108-74(131)28-5-9-39-96)87(144)128-46-16-27-73(128)86(143)124-69(48-54-31-35-57(130)36-32-54)82(139)119-63(23-12-42-110-90(99)100)76(133)116-61(20-4-8-38-95)79(136)125-71(51-147)84(141)121-67(88(145)146)26-15-45-113-93(105)106/h1-2,17-18,29-36,50,60-73,114,127,129-130,147-148H,3-16,19-28,37-49,51-52,94-96,107H2,(H,108,131)(H,115,132)(H,116,133)(H,117,137)(H,118,138)(H,119,139)(H,120,134)(H,121,141)(H,122,142)(H,123,135)(H,124,143)(H,125,136)(H,126,140)(H,145,146)(H4,97,98,109)(H4,99,100,110)(H4,101,102,111)(H4,103,104,112)(H4,105,106,113)/t60-,61-,62-,63-,64-,65-,66+,67-,68-,69-,70-,71-,72-,73-/m0/s1. The smallest absolute Gasteiger partial charge is 0.326 e. The number of fused-ring (bicyclic) bond motifs is 1. The Labute approximate surface area is 869 Å². The lowest BCUT2D eigenvalue weighted by Crippen LogP contribution is -2.61. The Bertz CT molecular complexity index is 5010. The second-order valence-electron chi connectivity index (χ2n) is 35.7. The summed E-state index contributed by atoms with van der Waals surface area (Å²) >= 11 is 8.73. The van der Waals surface area contributed by atoms with Gasteiger partial charge in [0, 0.05) is 100 Å². The first-order chi connectivity index (χ1) is 70.7. The number of para-hydroxylation sites is 1. The molecular weight excluding hydrogens is 1960 g/mol. The van der Waals surface area contributed by atoms with Crippen molar-refractivity contribution < 1.29 is 87.2 Å². The molecule has 820 valence electrons. The summed E-state index contributed by atoms with van der Waals surface area (Å²) in [6, 6.07) is -2.51. The van der Waals surface area contributed by atoms with Crippen LogP contribution >= 0.6 is 25.3 Å². The zero-order valence-electron chi connectivity index (χ0n) is 83.2. The van der Waals surface area contributed by atoms with Gasteiger partial charge in [0.25, 0.3) is 0 Å². The summed E-state index contributed by atoms with van der Waals surface area (Å²) in [5, 5.41) is 118. The molecule has 14 atom stereocenters. The molecule has 1 aliphatic heterocycles. The average Bonchev–Trinajstić information content (AvgIpc) is 1.67. The molecule has 14 amide bonds. The number of nitrogens with one attached hydrogen (secondary N) is 25. The molecule has 1 fully saturated rings. The highest BCUT2D eigenvalue weighted by atomic mass is 32.1. The number of aliphatic carboxylic acids is 1. The number of nitrogens with two attached hydrogens (primary N) is 9. The Hall–Kier alpha value is -14.3. The van der Waals surface area contributed by atoms with E-state index in [4.69, 9.17) is 78.8 Å². The minimum Gasteiger partial charge on any atom is -0.508 e. The molecule has 53 nitrogen and oxygen atoms in total. The van der Waals surface area contributed by atoms with Gasteiger partial charge >= 0.3 is 5.97 Å². The predicted molar refractivity (Wildman–Crippen MR) is 561 cm³/mol. The fourth-order valence-electron chi connectivity index (χ4n) is 16.0. The number of hydrazine groups is 1. The summed E-state index contributed by atoms with van der Waals surface area (Å²) in [5.41, 5.74) is 49.5. The number of amides is 14. The number of guanidine groups is 5. The van der Waals surface area contributed by atoms with Crippen LogP contribution in [0.25, 0.3) is 10.9 Å². The van der Waals surface area contributed by atoms with E-state index >= 15 is 38.4 Å². The van der Waals surface area contributed by atoms with Crippen molar-refractivity contribution in [1.82, 2.24) is 111 Å². The highest BCUT2D eigenvalue weighted by Gasteiger charge is 2.42.